The van der Waals surface area contributed by atoms with Crippen molar-refractivity contribution >= 4 is 40.6 Å². The topological polar surface area (TPSA) is 39.2 Å². The fourth-order valence-corrected chi connectivity index (χ4v) is 2.38. The Morgan fingerprint density at radius 2 is 1.88 bits per heavy atom. The molecule has 1 aromatic heterocycles. The van der Waals surface area contributed by atoms with Crippen LogP contribution in [0.5, 0.6) is 5.75 Å². The van der Waals surface area contributed by atoms with Crippen molar-refractivity contribution in [3.05, 3.63) is 70.6 Å². The largest absolute Gasteiger partial charge is 0.427 e. The lowest BCUT2D eigenvalue weighted by Gasteiger charge is -2.02. The highest BCUT2D eigenvalue weighted by atomic mass is 35.5. The van der Waals surface area contributed by atoms with E-state index in [0.29, 0.717) is 16.7 Å². The molecular weight excluding hydrogens is 329 g/mol. The van der Waals surface area contributed by atoms with Gasteiger partial charge in [-0.3, -0.25) is 4.79 Å². The first kappa shape index (κ1) is 16.1. The molecular formula is C19H13ClFNO2. The smallest absolute Gasteiger partial charge is 0.308 e. The van der Waals surface area contributed by atoms with Gasteiger partial charge >= 0.3 is 5.97 Å². The third kappa shape index (κ3) is 3.78. The molecule has 0 radical (unpaired) electrons. The predicted octanol–water partition coefficient (Wildman–Crippen LogP) is 5.12. The van der Waals surface area contributed by atoms with Crippen LogP contribution in [-0.4, -0.2) is 11.0 Å². The van der Waals surface area contributed by atoms with Crippen molar-refractivity contribution in [1.29, 1.82) is 0 Å². The molecule has 0 aliphatic carbocycles. The number of halogens is 2. The number of carbonyl (C=O) groups excluding carboxylic acids is 1. The number of ether oxygens (including phenoxy) is 1. The Balaban J connectivity index is 1.82. The van der Waals surface area contributed by atoms with E-state index >= 15 is 0 Å². The minimum absolute atomic E-state index is 0.0530. The number of aromatic nitrogens is 1. The number of fused-ring (bicyclic) bond motifs is 1. The molecule has 1 heterocycles. The number of rotatable bonds is 3. The molecule has 0 saturated heterocycles. The molecule has 3 rings (SSSR count). The lowest BCUT2D eigenvalue weighted by atomic mass is 10.1. The summed E-state index contributed by atoms with van der Waals surface area (Å²) >= 11 is 5.79. The maximum atomic E-state index is 13.4. The summed E-state index contributed by atoms with van der Waals surface area (Å²) < 4.78 is 18.4. The van der Waals surface area contributed by atoms with Gasteiger partial charge in [0.15, 0.2) is 0 Å². The molecule has 0 aliphatic heterocycles. The third-order valence-corrected chi connectivity index (χ3v) is 3.63. The monoisotopic (exact) mass is 341 g/mol. The second kappa shape index (κ2) is 6.81. The van der Waals surface area contributed by atoms with Crippen molar-refractivity contribution < 1.29 is 13.9 Å². The van der Waals surface area contributed by atoms with Crippen LogP contribution < -0.4 is 4.74 Å². The molecule has 120 valence electrons. The molecule has 0 aliphatic rings. The highest BCUT2D eigenvalue weighted by Gasteiger charge is 2.03. The van der Waals surface area contributed by atoms with Crippen molar-refractivity contribution in [3.8, 4) is 5.75 Å². The van der Waals surface area contributed by atoms with Gasteiger partial charge in [0.25, 0.3) is 0 Å². The Hall–Kier alpha value is -2.72. The zero-order valence-electron chi connectivity index (χ0n) is 12.8. The van der Waals surface area contributed by atoms with Crippen LogP contribution in [-0.2, 0) is 4.79 Å². The summed E-state index contributed by atoms with van der Waals surface area (Å²) in [5.41, 5.74) is 2.30. The van der Waals surface area contributed by atoms with Gasteiger partial charge in [-0.15, -0.1) is 0 Å². The first-order chi connectivity index (χ1) is 11.5. The summed E-state index contributed by atoms with van der Waals surface area (Å²) in [5, 5.41) is 0.747. The molecule has 2 aromatic carbocycles. The van der Waals surface area contributed by atoms with Gasteiger partial charge in [-0.25, -0.2) is 9.37 Å². The van der Waals surface area contributed by atoms with Gasteiger partial charge in [-0.1, -0.05) is 35.9 Å². The summed E-state index contributed by atoms with van der Waals surface area (Å²) in [7, 11) is 0. The van der Waals surface area contributed by atoms with E-state index in [0.717, 1.165) is 11.3 Å². The zero-order valence-corrected chi connectivity index (χ0v) is 13.5. The molecule has 0 amide bonds. The van der Waals surface area contributed by atoms with E-state index in [-0.39, 0.29) is 11.0 Å². The molecule has 3 aromatic rings. The van der Waals surface area contributed by atoms with Crippen LogP contribution in [0.1, 0.15) is 18.2 Å². The van der Waals surface area contributed by atoms with Crippen LogP contribution >= 0.6 is 11.6 Å². The van der Waals surface area contributed by atoms with Crippen molar-refractivity contribution in [2.45, 2.75) is 6.92 Å². The lowest BCUT2D eigenvalue weighted by molar-refractivity contribution is -0.131. The van der Waals surface area contributed by atoms with Crippen LogP contribution in [0.15, 0.2) is 48.5 Å². The molecule has 0 saturated carbocycles. The van der Waals surface area contributed by atoms with Gasteiger partial charge in [0, 0.05) is 12.3 Å². The van der Waals surface area contributed by atoms with Crippen molar-refractivity contribution in [2.24, 2.45) is 0 Å². The zero-order chi connectivity index (χ0) is 17.1. The summed E-state index contributed by atoms with van der Waals surface area (Å²) in [4.78, 5) is 15.3. The number of pyridine rings is 1. The second-order valence-electron chi connectivity index (χ2n) is 5.19. The van der Waals surface area contributed by atoms with Crippen LogP contribution in [0.25, 0.3) is 23.1 Å². The normalized spacial score (nSPS) is 11.1. The molecule has 5 heteroatoms. The Morgan fingerprint density at radius 3 is 2.58 bits per heavy atom. The second-order valence-corrected chi connectivity index (χ2v) is 5.60. The number of nitrogens with zero attached hydrogens (tertiary/aromatic N) is 1. The van der Waals surface area contributed by atoms with E-state index in [4.69, 9.17) is 16.3 Å². The van der Waals surface area contributed by atoms with Gasteiger partial charge < -0.3 is 4.74 Å². The maximum absolute atomic E-state index is 13.4. The Morgan fingerprint density at radius 1 is 1.12 bits per heavy atom. The fraction of sp³-hybridized carbons (Fsp3) is 0.0526. The molecule has 0 unspecified atom stereocenters. The van der Waals surface area contributed by atoms with E-state index in [1.54, 1.807) is 24.3 Å². The van der Waals surface area contributed by atoms with Crippen LogP contribution in [0.4, 0.5) is 4.39 Å². The van der Waals surface area contributed by atoms with Crippen molar-refractivity contribution in [1.82, 2.24) is 4.98 Å². The van der Waals surface area contributed by atoms with Crippen LogP contribution in [0.2, 0.25) is 5.02 Å². The quantitative estimate of drug-likeness (QED) is 0.490. The number of esters is 1. The van der Waals surface area contributed by atoms with E-state index in [1.807, 2.05) is 24.3 Å². The van der Waals surface area contributed by atoms with Crippen LogP contribution in [0, 0.1) is 5.82 Å². The number of hydrogen-bond acceptors (Lipinski definition) is 3. The molecule has 0 atom stereocenters. The number of hydrogen-bond donors (Lipinski definition) is 0. The predicted molar refractivity (Wildman–Crippen MR) is 93.4 cm³/mol. The highest BCUT2D eigenvalue weighted by Crippen LogP contribution is 2.22. The molecule has 3 nitrogen and oxygen atoms in total. The molecule has 0 spiro atoms. The maximum Gasteiger partial charge on any atom is 0.308 e. The molecule has 0 N–H and O–H groups in total. The minimum Gasteiger partial charge on any atom is -0.427 e. The number of carbonyl (C=O) groups is 1. The van der Waals surface area contributed by atoms with Crippen molar-refractivity contribution in [3.63, 3.8) is 0 Å². The minimum atomic E-state index is -0.456. The first-order valence-corrected chi connectivity index (χ1v) is 7.61. The fourth-order valence-electron chi connectivity index (χ4n) is 2.22. The summed E-state index contributed by atoms with van der Waals surface area (Å²) in [6.45, 7) is 1.36. The van der Waals surface area contributed by atoms with E-state index in [2.05, 4.69) is 4.98 Å². The van der Waals surface area contributed by atoms with Gasteiger partial charge in [0.05, 0.1) is 16.2 Å². The summed E-state index contributed by atoms with van der Waals surface area (Å²) in [6.07, 6.45) is 3.73. The standard InChI is InChI=1S/C19H13ClFNO2/c1-12(23)24-16-8-3-13(4-9-16)2-6-15-7-5-14-10-18(21)17(20)11-19(14)22-15/h2-11H,1H3/b6-2+. The van der Waals surface area contributed by atoms with E-state index in [9.17, 15) is 9.18 Å². The number of benzene rings is 2. The van der Waals surface area contributed by atoms with Gasteiger partial charge in [0.1, 0.15) is 11.6 Å². The highest BCUT2D eigenvalue weighted by molar-refractivity contribution is 6.31. The summed E-state index contributed by atoms with van der Waals surface area (Å²) in [6, 6.07) is 13.6. The van der Waals surface area contributed by atoms with E-state index < -0.39 is 5.82 Å². The lowest BCUT2D eigenvalue weighted by Crippen LogP contribution is -2.00. The Bertz CT molecular complexity index is 936. The van der Waals surface area contributed by atoms with Crippen molar-refractivity contribution in [2.75, 3.05) is 0 Å². The SMILES string of the molecule is CC(=O)Oc1ccc(/C=C/c2ccc3cc(F)c(Cl)cc3n2)cc1. The Labute approximate surface area is 143 Å². The first-order valence-electron chi connectivity index (χ1n) is 7.23. The molecule has 0 bridgehead atoms. The van der Waals surface area contributed by atoms with Gasteiger partial charge in [-0.05, 0) is 42.0 Å². The van der Waals surface area contributed by atoms with Gasteiger partial charge in [-0.2, -0.15) is 0 Å². The molecule has 24 heavy (non-hydrogen) atoms. The average molecular weight is 342 g/mol. The Kier molecular flexibility index (Phi) is 4.58. The van der Waals surface area contributed by atoms with Gasteiger partial charge in [0.2, 0.25) is 0 Å². The average Bonchev–Trinajstić information content (AvgIpc) is 2.55. The molecule has 0 fully saturated rings. The van der Waals surface area contributed by atoms with Crippen LogP contribution in [0.3, 0.4) is 0 Å². The summed E-state index contributed by atoms with van der Waals surface area (Å²) in [5.74, 6) is -0.309. The third-order valence-electron chi connectivity index (χ3n) is 3.34. The van der Waals surface area contributed by atoms with E-state index in [1.165, 1.54) is 19.1 Å².